The summed E-state index contributed by atoms with van der Waals surface area (Å²) in [7, 11) is 0. The van der Waals surface area contributed by atoms with Crippen molar-refractivity contribution in [3.05, 3.63) is 81.5 Å². The fourth-order valence-corrected chi connectivity index (χ4v) is 6.54. The van der Waals surface area contributed by atoms with E-state index in [-0.39, 0.29) is 36.0 Å². The van der Waals surface area contributed by atoms with Crippen molar-refractivity contribution in [2.24, 2.45) is 11.7 Å². The number of carbonyl (C=O) groups excluding carboxylic acids is 4. The number of primary amides is 1. The quantitative estimate of drug-likeness (QED) is 0.255. The average molecular weight is 651 g/mol. The maximum absolute atomic E-state index is 13.7. The van der Waals surface area contributed by atoms with Gasteiger partial charge in [-0.2, -0.15) is 5.10 Å². The van der Waals surface area contributed by atoms with E-state index in [1.807, 2.05) is 0 Å². The summed E-state index contributed by atoms with van der Waals surface area (Å²) in [5.74, 6) is -1.34. The van der Waals surface area contributed by atoms with Gasteiger partial charge in [0.2, 0.25) is 11.8 Å². The van der Waals surface area contributed by atoms with Crippen molar-refractivity contribution in [1.29, 1.82) is 0 Å². The van der Waals surface area contributed by atoms with Crippen LogP contribution in [0, 0.1) is 5.92 Å². The average Bonchev–Trinajstić information content (AvgIpc) is 3.67. The van der Waals surface area contributed by atoms with Gasteiger partial charge in [-0.05, 0) is 83.6 Å². The van der Waals surface area contributed by atoms with Gasteiger partial charge in [0.25, 0.3) is 11.8 Å². The Balaban J connectivity index is 1.25. The van der Waals surface area contributed by atoms with Crippen molar-refractivity contribution in [2.45, 2.75) is 37.9 Å². The number of carbonyl (C=O) groups is 4. The number of likely N-dealkylation sites (tertiary alicyclic amines) is 1. The summed E-state index contributed by atoms with van der Waals surface area (Å²) in [5, 5.41) is 10.6. The fourth-order valence-electron chi connectivity index (χ4n) is 5.98. The van der Waals surface area contributed by atoms with Gasteiger partial charge < -0.3 is 21.3 Å². The van der Waals surface area contributed by atoms with Gasteiger partial charge in [-0.25, -0.2) is 4.98 Å². The largest absolute Gasteiger partial charge is 0.364 e. The van der Waals surface area contributed by atoms with Gasteiger partial charge >= 0.3 is 0 Å². The lowest BCUT2D eigenvalue weighted by molar-refractivity contribution is -0.141. The number of hydrogen-bond acceptors (Lipinski definition) is 6. The number of nitrogens with two attached hydrogens (primary N) is 1. The van der Waals surface area contributed by atoms with Gasteiger partial charge in [-0.1, -0.05) is 29.8 Å². The minimum absolute atomic E-state index is 0.0374. The third-order valence-corrected chi connectivity index (χ3v) is 8.52. The maximum Gasteiger partial charge on any atom is 0.269 e. The lowest BCUT2D eigenvalue weighted by atomic mass is 9.97. The van der Waals surface area contributed by atoms with Crippen LogP contribution in [0.3, 0.4) is 0 Å². The van der Waals surface area contributed by atoms with Crippen molar-refractivity contribution >= 4 is 73.6 Å². The smallest absolute Gasteiger partial charge is 0.269 e. The lowest BCUT2D eigenvalue weighted by Gasteiger charge is -2.34. The maximum atomic E-state index is 13.7. The number of hydrogen-bond donors (Lipinski definition) is 3. The first-order valence-electron chi connectivity index (χ1n) is 13.3. The zero-order valence-corrected chi connectivity index (χ0v) is 24.4. The molecule has 1 aliphatic heterocycles. The van der Waals surface area contributed by atoms with Gasteiger partial charge in [0, 0.05) is 17.1 Å². The Labute approximate surface area is 253 Å². The monoisotopic (exact) mass is 649 g/mol. The number of anilines is 2. The summed E-state index contributed by atoms with van der Waals surface area (Å²) in [4.78, 5) is 58.1. The van der Waals surface area contributed by atoms with Gasteiger partial charge in [0.1, 0.15) is 23.0 Å². The van der Waals surface area contributed by atoms with Crippen molar-refractivity contribution in [3.8, 4) is 0 Å². The van der Waals surface area contributed by atoms with E-state index < -0.39 is 17.9 Å². The highest BCUT2D eigenvalue weighted by Crippen LogP contribution is 2.43. The number of nitrogens with zero attached hydrogens (tertiary/aromatic N) is 4. The topological polar surface area (TPSA) is 152 Å². The van der Waals surface area contributed by atoms with Crippen LogP contribution < -0.4 is 16.4 Å². The molecule has 13 heteroatoms. The second-order valence-electron chi connectivity index (χ2n) is 10.3. The summed E-state index contributed by atoms with van der Waals surface area (Å²) < 4.78 is 2.00. The number of halogens is 2. The molecule has 1 saturated heterocycles. The van der Waals surface area contributed by atoms with Gasteiger partial charge in [-0.3, -0.25) is 23.9 Å². The minimum Gasteiger partial charge on any atom is -0.364 e. The first-order chi connectivity index (χ1) is 20.2. The molecule has 4 N–H and O–H groups in total. The molecule has 2 aromatic heterocycles. The van der Waals surface area contributed by atoms with E-state index in [4.69, 9.17) is 17.3 Å². The molecule has 1 saturated carbocycles. The molecule has 214 valence electrons. The molecular weight excluding hydrogens is 626 g/mol. The SMILES string of the molecule is NC(=O)c1nn(CC(=O)N2[C@@H]3CC[C@@H](C3)[C@H]2C(=O)Nc2cccc(Br)n2)c2ccc(NC(=O)c3ccccc3Cl)cc12. The number of piperidine rings is 1. The van der Waals surface area contributed by atoms with Crippen LogP contribution in [-0.2, 0) is 16.1 Å². The zero-order chi connectivity index (χ0) is 29.5. The summed E-state index contributed by atoms with van der Waals surface area (Å²) >= 11 is 9.46. The molecule has 42 heavy (non-hydrogen) atoms. The molecule has 4 amide bonds. The number of fused-ring (bicyclic) bond motifs is 3. The summed E-state index contributed by atoms with van der Waals surface area (Å²) in [6.07, 6.45) is 2.42. The molecule has 2 aromatic carbocycles. The Kier molecular flexibility index (Phi) is 7.42. The summed E-state index contributed by atoms with van der Waals surface area (Å²) in [6, 6.07) is 16.0. The number of aromatic nitrogens is 3. The van der Waals surface area contributed by atoms with Crippen molar-refractivity contribution in [2.75, 3.05) is 10.6 Å². The second kappa shape index (κ2) is 11.2. The molecule has 0 unspecified atom stereocenters. The van der Waals surface area contributed by atoms with Crippen LogP contribution in [-0.4, -0.2) is 55.4 Å². The Morgan fingerprint density at radius 3 is 2.60 bits per heavy atom. The molecule has 11 nitrogen and oxygen atoms in total. The highest BCUT2D eigenvalue weighted by atomic mass is 79.9. The number of rotatable bonds is 7. The highest BCUT2D eigenvalue weighted by molar-refractivity contribution is 9.10. The summed E-state index contributed by atoms with van der Waals surface area (Å²) in [5.41, 5.74) is 6.77. The van der Waals surface area contributed by atoms with E-state index in [1.54, 1.807) is 65.6 Å². The van der Waals surface area contributed by atoms with E-state index in [9.17, 15) is 19.2 Å². The van der Waals surface area contributed by atoms with E-state index in [0.29, 0.717) is 37.6 Å². The van der Waals surface area contributed by atoms with Gasteiger partial charge in [-0.15, -0.1) is 0 Å². The predicted molar refractivity (Wildman–Crippen MR) is 160 cm³/mol. The normalized spacial score (nSPS) is 19.2. The molecule has 2 bridgehead atoms. The Morgan fingerprint density at radius 2 is 1.83 bits per heavy atom. The van der Waals surface area contributed by atoms with Crippen molar-refractivity contribution in [3.63, 3.8) is 0 Å². The number of nitrogens with one attached hydrogen (secondary N) is 2. The molecule has 2 fully saturated rings. The zero-order valence-electron chi connectivity index (χ0n) is 22.1. The number of pyridine rings is 1. The van der Waals surface area contributed by atoms with Crippen LogP contribution in [0.1, 0.15) is 40.1 Å². The van der Waals surface area contributed by atoms with Crippen LogP contribution in [0.25, 0.3) is 10.9 Å². The van der Waals surface area contributed by atoms with E-state index in [0.717, 1.165) is 19.3 Å². The molecular formula is C29H25BrClN7O4. The van der Waals surface area contributed by atoms with E-state index in [2.05, 4.69) is 36.6 Å². The van der Waals surface area contributed by atoms with Crippen LogP contribution in [0.15, 0.2) is 65.3 Å². The van der Waals surface area contributed by atoms with Crippen LogP contribution in [0.5, 0.6) is 0 Å². The lowest BCUT2D eigenvalue weighted by Crippen LogP contribution is -2.52. The third-order valence-electron chi connectivity index (χ3n) is 7.75. The summed E-state index contributed by atoms with van der Waals surface area (Å²) in [6.45, 7) is -0.197. The predicted octanol–water partition coefficient (Wildman–Crippen LogP) is 4.22. The van der Waals surface area contributed by atoms with Gasteiger partial charge in [0.05, 0.1) is 16.1 Å². The Bertz CT molecular complexity index is 1760. The Morgan fingerprint density at radius 1 is 1.02 bits per heavy atom. The number of amides is 4. The van der Waals surface area contributed by atoms with Crippen LogP contribution in [0.2, 0.25) is 5.02 Å². The fraction of sp³-hybridized carbons (Fsp3) is 0.241. The van der Waals surface area contributed by atoms with E-state index >= 15 is 0 Å². The van der Waals surface area contributed by atoms with E-state index in [1.165, 1.54) is 4.68 Å². The molecule has 4 aromatic rings. The van der Waals surface area contributed by atoms with Crippen LogP contribution in [0.4, 0.5) is 11.5 Å². The molecule has 0 radical (unpaired) electrons. The molecule has 0 spiro atoms. The third kappa shape index (κ3) is 5.23. The molecule has 3 atom stereocenters. The van der Waals surface area contributed by atoms with Gasteiger partial charge in [0.15, 0.2) is 5.69 Å². The standard InChI is InChI=1S/C29H25BrClN7O4/c30-22-6-3-7-23(34-22)35-29(42)26-15-8-10-17(12-15)38(26)24(39)14-37-21-11-9-16(13-19(21)25(36-37)27(32)40)33-28(41)18-4-1-2-5-20(18)31/h1-7,9,11,13,15,17,26H,8,10,12,14H2,(H2,32,40)(H,33,41)(H,34,35,42)/t15-,17+,26-/m0/s1. The first-order valence-corrected chi connectivity index (χ1v) is 14.5. The van der Waals surface area contributed by atoms with Crippen LogP contribution >= 0.6 is 27.5 Å². The molecule has 1 aliphatic carbocycles. The molecule has 2 aliphatic rings. The number of benzene rings is 2. The highest BCUT2D eigenvalue weighted by Gasteiger charge is 2.51. The second-order valence-corrected chi connectivity index (χ2v) is 11.6. The van der Waals surface area contributed by atoms with Crippen molar-refractivity contribution < 1.29 is 19.2 Å². The minimum atomic E-state index is -0.778. The van der Waals surface area contributed by atoms with Crippen molar-refractivity contribution in [1.82, 2.24) is 19.7 Å². The Hall–Kier alpha value is -4.29. The first kappa shape index (κ1) is 27.9. The molecule has 6 rings (SSSR count). The molecule has 3 heterocycles.